The molecule has 0 N–H and O–H groups in total. The van der Waals surface area contributed by atoms with E-state index in [1.165, 1.54) is 4.68 Å². The van der Waals surface area contributed by atoms with Gasteiger partial charge in [0.25, 0.3) is 5.56 Å². The summed E-state index contributed by atoms with van der Waals surface area (Å²) in [6.07, 6.45) is 5.47. The lowest BCUT2D eigenvalue weighted by atomic mass is 10.0. The summed E-state index contributed by atoms with van der Waals surface area (Å²) in [5, 5.41) is 17.0. The largest absolute Gasteiger partial charge is 0.370 e. The monoisotopic (exact) mass is 460 g/mol. The zero-order valence-corrected chi connectivity index (χ0v) is 19.9. The number of hydrogen-bond donors (Lipinski definition) is 0. The van der Waals surface area contributed by atoms with E-state index in [9.17, 15) is 4.79 Å². The van der Waals surface area contributed by atoms with Crippen molar-refractivity contribution in [1.82, 2.24) is 34.7 Å². The molecule has 0 amide bonds. The molecule has 10 nitrogen and oxygen atoms in total. The van der Waals surface area contributed by atoms with Crippen molar-refractivity contribution < 1.29 is 4.52 Å². The molecule has 1 aliphatic heterocycles. The molecule has 34 heavy (non-hydrogen) atoms. The third-order valence-corrected chi connectivity index (χ3v) is 6.56. The summed E-state index contributed by atoms with van der Waals surface area (Å²) in [6.45, 7) is 9.75. The third-order valence-electron chi connectivity index (χ3n) is 6.56. The standard InChI is InChI=1S/C24H28N8O2/c1-15-5-6-19(12-25-15)24-22(16(2)34-29-24)14-31-23(33)11-21(13-26-31)30-9-7-20(8-10-30)32-17(3)27-28-18(32)4/h5-6,11-13,20H,7-10,14H2,1-4H3. The molecule has 1 fully saturated rings. The van der Waals surface area contributed by atoms with Crippen LogP contribution in [-0.4, -0.2) is 47.8 Å². The average molecular weight is 461 g/mol. The van der Waals surface area contributed by atoms with Crippen LogP contribution in [0.25, 0.3) is 11.3 Å². The number of aromatic nitrogens is 7. The van der Waals surface area contributed by atoms with Crippen LogP contribution in [0.4, 0.5) is 5.69 Å². The number of nitrogens with zero attached hydrogens (tertiary/aromatic N) is 8. The molecular weight excluding hydrogens is 432 g/mol. The van der Waals surface area contributed by atoms with Gasteiger partial charge in [-0.1, -0.05) is 5.16 Å². The normalized spacial score (nSPS) is 14.6. The third kappa shape index (κ3) is 4.11. The second kappa shape index (κ2) is 8.85. The summed E-state index contributed by atoms with van der Waals surface area (Å²) in [4.78, 5) is 19.5. The minimum atomic E-state index is -0.154. The molecule has 0 spiro atoms. The van der Waals surface area contributed by atoms with Crippen LogP contribution in [0.1, 0.15) is 47.5 Å². The van der Waals surface area contributed by atoms with Gasteiger partial charge in [0.05, 0.1) is 18.4 Å². The maximum Gasteiger partial charge on any atom is 0.269 e. The molecule has 5 heterocycles. The van der Waals surface area contributed by atoms with Gasteiger partial charge in [0.15, 0.2) is 0 Å². The molecule has 0 bridgehead atoms. The Balaban J connectivity index is 1.32. The smallest absolute Gasteiger partial charge is 0.269 e. The van der Waals surface area contributed by atoms with E-state index in [0.717, 1.165) is 60.1 Å². The summed E-state index contributed by atoms with van der Waals surface area (Å²) in [5.74, 6) is 2.56. The highest BCUT2D eigenvalue weighted by Gasteiger charge is 2.24. The quantitative estimate of drug-likeness (QED) is 0.447. The van der Waals surface area contributed by atoms with E-state index in [1.807, 2.05) is 39.8 Å². The van der Waals surface area contributed by atoms with E-state index < -0.39 is 0 Å². The molecule has 0 unspecified atom stereocenters. The average Bonchev–Trinajstić information content (AvgIpc) is 3.37. The highest BCUT2D eigenvalue weighted by atomic mass is 16.5. The van der Waals surface area contributed by atoms with Crippen LogP contribution >= 0.6 is 0 Å². The highest BCUT2D eigenvalue weighted by Crippen LogP contribution is 2.28. The molecule has 0 aliphatic carbocycles. The Morgan fingerprint density at radius 3 is 2.41 bits per heavy atom. The summed E-state index contributed by atoms with van der Waals surface area (Å²) in [6, 6.07) is 5.93. The summed E-state index contributed by atoms with van der Waals surface area (Å²) in [5.41, 5.74) is 3.98. The first-order valence-corrected chi connectivity index (χ1v) is 11.5. The van der Waals surface area contributed by atoms with Gasteiger partial charge in [-0.25, -0.2) is 4.68 Å². The molecule has 1 saturated heterocycles. The Hall–Kier alpha value is -3.82. The van der Waals surface area contributed by atoms with Gasteiger partial charge in [0.1, 0.15) is 23.1 Å². The number of hydrogen-bond acceptors (Lipinski definition) is 8. The summed E-state index contributed by atoms with van der Waals surface area (Å²) in [7, 11) is 0. The number of aryl methyl sites for hydroxylation is 4. The van der Waals surface area contributed by atoms with Crippen LogP contribution in [0, 0.1) is 27.7 Å². The first-order chi connectivity index (χ1) is 16.4. The second-order valence-corrected chi connectivity index (χ2v) is 8.85. The molecule has 0 aromatic carbocycles. The predicted molar refractivity (Wildman–Crippen MR) is 127 cm³/mol. The molecule has 4 aromatic heterocycles. The van der Waals surface area contributed by atoms with Crippen LogP contribution in [-0.2, 0) is 6.54 Å². The van der Waals surface area contributed by atoms with Crippen molar-refractivity contribution in [2.75, 3.05) is 18.0 Å². The van der Waals surface area contributed by atoms with Crippen molar-refractivity contribution in [3.63, 3.8) is 0 Å². The van der Waals surface area contributed by atoms with Crippen LogP contribution in [0.5, 0.6) is 0 Å². The fourth-order valence-corrected chi connectivity index (χ4v) is 4.66. The second-order valence-electron chi connectivity index (χ2n) is 8.85. The minimum Gasteiger partial charge on any atom is -0.370 e. The summed E-state index contributed by atoms with van der Waals surface area (Å²) < 4.78 is 9.10. The Bertz CT molecular complexity index is 1340. The van der Waals surface area contributed by atoms with Crippen LogP contribution < -0.4 is 10.5 Å². The topological polar surface area (TPSA) is 108 Å². The van der Waals surface area contributed by atoms with Crippen molar-refractivity contribution in [3.8, 4) is 11.3 Å². The fourth-order valence-electron chi connectivity index (χ4n) is 4.66. The van der Waals surface area contributed by atoms with Gasteiger partial charge in [-0.05, 0) is 52.7 Å². The molecule has 0 atom stereocenters. The van der Waals surface area contributed by atoms with E-state index in [2.05, 4.69) is 34.9 Å². The fraction of sp³-hybridized carbons (Fsp3) is 0.417. The Morgan fingerprint density at radius 1 is 1.03 bits per heavy atom. The molecule has 1 aliphatic rings. The SMILES string of the molecule is Cc1ccc(-c2noc(C)c2Cn2ncc(N3CCC(n4c(C)nnc4C)CC3)cc2=O)cn1. The van der Waals surface area contributed by atoms with Crippen molar-refractivity contribution in [2.24, 2.45) is 0 Å². The Morgan fingerprint density at radius 2 is 1.76 bits per heavy atom. The van der Waals surface area contributed by atoms with Gasteiger partial charge in [-0.3, -0.25) is 9.78 Å². The Kier molecular flexibility index (Phi) is 5.72. The maximum absolute atomic E-state index is 12.9. The van der Waals surface area contributed by atoms with Gasteiger partial charge in [0, 0.05) is 48.2 Å². The first kappa shape index (κ1) is 22.0. The van der Waals surface area contributed by atoms with Crippen molar-refractivity contribution in [3.05, 3.63) is 69.6 Å². The number of pyridine rings is 1. The van der Waals surface area contributed by atoms with Crippen molar-refractivity contribution in [2.45, 2.75) is 53.1 Å². The van der Waals surface area contributed by atoms with Gasteiger partial charge in [-0.2, -0.15) is 5.10 Å². The lowest BCUT2D eigenvalue weighted by molar-refractivity contribution is 0.383. The number of rotatable bonds is 5. The van der Waals surface area contributed by atoms with E-state index in [1.54, 1.807) is 18.5 Å². The molecule has 176 valence electrons. The van der Waals surface area contributed by atoms with Gasteiger partial charge in [-0.15, -0.1) is 10.2 Å². The predicted octanol–water partition coefficient (Wildman–Crippen LogP) is 3.01. The maximum atomic E-state index is 12.9. The molecule has 10 heteroatoms. The van der Waals surface area contributed by atoms with E-state index >= 15 is 0 Å². The first-order valence-electron chi connectivity index (χ1n) is 11.5. The Labute approximate surface area is 197 Å². The van der Waals surface area contributed by atoms with Crippen LogP contribution in [0.2, 0.25) is 0 Å². The summed E-state index contributed by atoms with van der Waals surface area (Å²) >= 11 is 0. The van der Waals surface area contributed by atoms with Crippen LogP contribution in [0.3, 0.4) is 0 Å². The van der Waals surface area contributed by atoms with E-state index in [-0.39, 0.29) is 12.1 Å². The number of piperidine rings is 1. The zero-order valence-electron chi connectivity index (χ0n) is 19.9. The highest BCUT2D eigenvalue weighted by molar-refractivity contribution is 5.62. The molecule has 5 rings (SSSR count). The van der Waals surface area contributed by atoms with E-state index in [4.69, 9.17) is 4.52 Å². The lowest BCUT2D eigenvalue weighted by Crippen LogP contribution is -2.36. The van der Waals surface area contributed by atoms with Crippen LogP contribution in [0.15, 0.2) is 39.9 Å². The zero-order chi connectivity index (χ0) is 23.8. The molecular formula is C24H28N8O2. The molecule has 4 aromatic rings. The van der Waals surface area contributed by atoms with Crippen molar-refractivity contribution >= 4 is 5.69 Å². The van der Waals surface area contributed by atoms with Gasteiger partial charge in [0.2, 0.25) is 0 Å². The molecule has 0 saturated carbocycles. The van der Waals surface area contributed by atoms with E-state index in [0.29, 0.717) is 17.5 Å². The van der Waals surface area contributed by atoms with Crippen molar-refractivity contribution in [1.29, 1.82) is 0 Å². The lowest BCUT2D eigenvalue weighted by Gasteiger charge is -2.34. The number of anilines is 1. The van der Waals surface area contributed by atoms with Gasteiger partial charge < -0.3 is 14.0 Å². The minimum absolute atomic E-state index is 0.154. The van der Waals surface area contributed by atoms with Gasteiger partial charge >= 0.3 is 0 Å². The molecule has 0 radical (unpaired) electrons.